The first-order valence-electron chi connectivity index (χ1n) is 3.68. The fraction of sp³-hybridized carbons (Fsp3) is 0.333. The van der Waals surface area contributed by atoms with Crippen LogP contribution in [-0.4, -0.2) is 19.0 Å². The molecule has 1 rings (SSSR count). The van der Waals surface area contributed by atoms with Crippen LogP contribution in [0.25, 0.3) is 0 Å². The van der Waals surface area contributed by atoms with Gasteiger partial charge in [-0.05, 0) is 17.7 Å². The molecule has 0 unspecified atom stereocenters. The lowest BCUT2D eigenvalue weighted by Crippen LogP contribution is -1.94. The van der Waals surface area contributed by atoms with E-state index in [1.165, 1.54) is 0 Å². The van der Waals surface area contributed by atoms with Crippen molar-refractivity contribution in [2.75, 3.05) is 13.9 Å². The average molecular weight is 168 g/mol. The van der Waals surface area contributed by atoms with Crippen molar-refractivity contribution < 1.29 is 14.6 Å². The van der Waals surface area contributed by atoms with E-state index in [1.54, 1.807) is 7.11 Å². The van der Waals surface area contributed by atoms with E-state index >= 15 is 0 Å². The summed E-state index contributed by atoms with van der Waals surface area (Å²) in [5.74, 6) is 0.800. The predicted octanol–water partition coefficient (Wildman–Crippen LogP) is 1.16. The maximum absolute atomic E-state index is 8.40. The Hall–Kier alpha value is -1.06. The van der Waals surface area contributed by atoms with Crippen LogP contribution in [0.1, 0.15) is 5.56 Å². The highest BCUT2D eigenvalue weighted by molar-refractivity contribution is 5.27. The lowest BCUT2D eigenvalue weighted by atomic mass is 10.2. The zero-order valence-electron chi connectivity index (χ0n) is 6.99. The van der Waals surface area contributed by atoms with Gasteiger partial charge in [-0.3, -0.25) is 0 Å². The molecule has 1 aromatic carbocycles. The minimum atomic E-state index is -0.253. The van der Waals surface area contributed by atoms with E-state index in [9.17, 15) is 0 Å². The van der Waals surface area contributed by atoms with Crippen molar-refractivity contribution in [1.82, 2.24) is 0 Å². The molecular weight excluding hydrogens is 156 g/mol. The van der Waals surface area contributed by atoms with Gasteiger partial charge >= 0.3 is 0 Å². The number of methoxy groups -OCH3 is 1. The Kier molecular flexibility index (Phi) is 3.57. The van der Waals surface area contributed by atoms with Crippen molar-refractivity contribution in [3.05, 3.63) is 29.8 Å². The van der Waals surface area contributed by atoms with Gasteiger partial charge in [0.2, 0.25) is 0 Å². The zero-order chi connectivity index (χ0) is 8.81. The molecule has 1 N–H and O–H groups in total. The molecular formula is C9H12O3. The van der Waals surface area contributed by atoms with E-state index in [-0.39, 0.29) is 6.79 Å². The highest BCUT2D eigenvalue weighted by Crippen LogP contribution is 2.12. The van der Waals surface area contributed by atoms with Crippen LogP contribution in [0.15, 0.2) is 24.3 Å². The van der Waals surface area contributed by atoms with Crippen molar-refractivity contribution in [3.8, 4) is 5.75 Å². The fourth-order valence-corrected chi connectivity index (χ4v) is 0.926. The van der Waals surface area contributed by atoms with Gasteiger partial charge in [-0.2, -0.15) is 0 Å². The molecule has 66 valence electrons. The number of benzene rings is 1. The standard InChI is InChI=1S/C9H12O3/c1-11-9-4-2-3-8(5-9)6-12-7-10/h2-5,10H,6-7H2,1H3. The molecule has 0 heterocycles. The summed E-state index contributed by atoms with van der Waals surface area (Å²) in [7, 11) is 1.62. The van der Waals surface area contributed by atoms with Crippen molar-refractivity contribution in [2.45, 2.75) is 6.61 Å². The van der Waals surface area contributed by atoms with Crippen molar-refractivity contribution in [3.63, 3.8) is 0 Å². The molecule has 0 spiro atoms. The summed E-state index contributed by atoms with van der Waals surface area (Å²) in [5, 5.41) is 8.40. The number of aliphatic hydroxyl groups is 1. The van der Waals surface area contributed by atoms with E-state index in [4.69, 9.17) is 14.6 Å². The maximum atomic E-state index is 8.40. The summed E-state index contributed by atoms with van der Waals surface area (Å²) < 4.78 is 9.84. The Bertz CT molecular complexity index is 235. The monoisotopic (exact) mass is 168 g/mol. The predicted molar refractivity (Wildman–Crippen MR) is 44.9 cm³/mol. The molecule has 0 aliphatic heterocycles. The average Bonchev–Trinajstić information content (AvgIpc) is 2.15. The second kappa shape index (κ2) is 4.74. The Morgan fingerprint density at radius 3 is 2.92 bits per heavy atom. The van der Waals surface area contributed by atoms with Gasteiger partial charge in [-0.1, -0.05) is 12.1 Å². The van der Waals surface area contributed by atoms with Crippen LogP contribution in [0.3, 0.4) is 0 Å². The van der Waals surface area contributed by atoms with Gasteiger partial charge in [0.25, 0.3) is 0 Å². The van der Waals surface area contributed by atoms with E-state index < -0.39 is 0 Å². The highest BCUT2D eigenvalue weighted by atomic mass is 16.6. The van der Waals surface area contributed by atoms with Crippen molar-refractivity contribution in [2.24, 2.45) is 0 Å². The zero-order valence-corrected chi connectivity index (χ0v) is 6.99. The number of hydrogen-bond acceptors (Lipinski definition) is 3. The molecule has 0 aromatic heterocycles. The molecule has 0 saturated carbocycles. The van der Waals surface area contributed by atoms with Crippen LogP contribution >= 0.6 is 0 Å². The van der Waals surface area contributed by atoms with Gasteiger partial charge in [0, 0.05) is 0 Å². The molecule has 0 bridgehead atoms. The summed E-state index contributed by atoms with van der Waals surface area (Å²) in [6.45, 7) is 0.158. The minimum absolute atomic E-state index is 0.253. The maximum Gasteiger partial charge on any atom is 0.144 e. The number of aliphatic hydroxyl groups excluding tert-OH is 1. The molecule has 0 amide bonds. The van der Waals surface area contributed by atoms with Crippen LogP contribution in [-0.2, 0) is 11.3 Å². The normalized spacial score (nSPS) is 9.83. The van der Waals surface area contributed by atoms with E-state index in [1.807, 2.05) is 24.3 Å². The van der Waals surface area contributed by atoms with E-state index in [2.05, 4.69) is 0 Å². The topological polar surface area (TPSA) is 38.7 Å². The van der Waals surface area contributed by atoms with E-state index in [0.717, 1.165) is 11.3 Å². The third kappa shape index (κ3) is 2.53. The number of rotatable bonds is 4. The summed E-state index contributed by atoms with van der Waals surface area (Å²) in [5.41, 5.74) is 0.989. The SMILES string of the molecule is COc1cccc(COCO)c1. The molecule has 0 fully saturated rings. The van der Waals surface area contributed by atoms with Crippen LogP contribution in [0.2, 0.25) is 0 Å². The first-order chi connectivity index (χ1) is 5.86. The summed E-state index contributed by atoms with van der Waals surface area (Å²) in [4.78, 5) is 0. The molecule has 12 heavy (non-hydrogen) atoms. The van der Waals surface area contributed by atoms with Gasteiger partial charge in [-0.15, -0.1) is 0 Å². The second-order valence-electron chi connectivity index (χ2n) is 2.33. The Morgan fingerprint density at radius 1 is 1.42 bits per heavy atom. The summed E-state index contributed by atoms with van der Waals surface area (Å²) in [6.07, 6.45) is 0. The molecule has 0 radical (unpaired) electrons. The molecule has 0 aliphatic rings. The van der Waals surface area contributed by atoms with Crippen LogP contribution in [0.5, 0.6) is 5.75 Å². The Balaban J connectivity index is 2.60. The number of hydrogen-bond donors (Lipinski definition) is 1. The first kappa shape index (κ1) is 9.03. The minimum Gasteiger partial charge on any atom is -0.497 e. The van der Waals surface area contributed by atoms with Gasteiger partial charge < -0.3 is 14.6 Å². The third-order valence-corrected chi connectivity index (χ3v) is 1.49. The van der Waals surface area contributed by atoms with Gasteiger partial charge in [0.15, 0.2) is 0 Å². The van der Waals surface area contributed by atoms with Gasteiger partial charge in [-0.25, -0.2) is 0 Å². The van der Waals surface area contributed by atoms with Gasteiger partial charge in [0.1, 0.15) is 12.5 Å². The van der Waals surface area contributed by atoms with Crippen LogP contribution < -0.4 is 4.74 Å². The molecule has 3 nitrogen and oxygen atoms in total. The molecule has 0 saturated heterocycles. The van der Waals surface area contributed by atoms with Gasteiger partial charge in [0.05, 0.1) is 13.7 Å². The molecule has 0 aliphatic carbocycles. The third-order valence-electron chi connectivity index (χ3n) is 1.49. The first-order valence-corrected chi connectivity index (χ1v) is 3.68. The molecule has 1 aromatic rings. The summed E-state index contributed by atoms with van der Waals surface area (Å²) >= 11 is 0. The van der Waals surface area contributed by atoms with Crippen molar-refractivity contribution in [1.29, 1.82) is 0 Å². The smallest absolute Gasteiger partial charge is 0.144 e. The molecule has 3 heteroatoms. The molecule has 0 atom stereocenters. The largest absolute Gasteiger partial charge is 0.497 e. The lowest BCUT2D eigenvalue weighted by molar-refractivity contribution is -0.0112. The van der Waals surface area contributed by atoms with Crippen LogP contribution in [0.4, 0.5) is 0 Å². The number of ether oxygens (including phenoxy) is 2. The summed E-state index contributed by atoms with van der Waals surface area (Å²) in [6, 6.07) is 7.53. The van der Waals surface area contributed by atoms with Crippen LogP contribution in [0, 0.1) is 0 Å². The quantitative estimate of drug-likeness (QED) is 0.686. The Labute approximate surface area is 71.5 Å². The second-order valence-corrected chi connectivity index (χ2v) is 2.33. The Morgan fingerprint density at radius 2 is 2.25 bits per heavy atom. The lowest BCUT2D eigenvalue weighted by Gasteiger charge is -2.03. The fourth-order valence-electron chi connectivity index (χ4n) is 0.926. The van der Waals surface area contributed by atoms with E-state index in [0.29, 0.717) is 6.61 Å². The van der Waals surface area contributed by atoms with Crippen molar-refractivity contribution >= 4 is 0 Å². The highest BCUT2D eigenvalue weighted by Gasteiger charge is 1.94.